The SMILES string of the molecule is CCOc1ccc(S(=O)(=O)Nc2ccc(Nc3cccc(C#N)c3)cn2)cc1. The fourth-order valence-corrected chi connectivity index (χ4v) is 3.45. The van der Waals surface area contributed by atoms with Crippen LogP contribution in [0, 0.1) is 11.3 Å². The lowest BCUT2D eigenvalue weighted by atomic mass is 10.2. The molecule has 0 saturated heterocycles. The van der Waals surface area contributed by atoms with Crippen LogP contribution >= 0.6 is 0 Å². The number of nitrogens with one attached hydrogen (secondary N) is 2. The van der Waals surface area contributed by atoms with Crippen LogP contribution in [-0.4, -0.2) is 20.0 Å². The Hall–Kier alpha value is -3.57. The van der Waals surface area contributed by atoms with Gasteiger partial charge >= 0.3 is 0 Å². The zero-order valence-corrected chi connectivity index (χ0v) is 15.9. The molecule has 28 heavy (non-hydrogen) atoms. The van der Waals surface area contributed by atoms with Gasteiger partial charge in [-0.25, -0.2) is 13.4 Å². The van der Waals surface area contributed by atoms with Gasteiger partial charge < -0.3 is 10.1 Å². The van der Waals surface area contributed by atoms with Crippen molar-refractivity contribution in [3.05, 3.63) is 72.4 Å². The highest BCUT2D eigenvalue weighted by molar-refractivity contribution is 7.92. The number of sulfonamides is 1. The number of benzene rings is 2. The third-order valence-corrected chi connectivity index (χ3v) is 5.10. The maximum absolute atomic E-state index is 12.5. The first-order chi connectivity index (χ1) is 13.5. The van der Waals surface area contributed by atoms with Gasteiger partial charge in [0.05, 0.1) is 35.0 Å². The monoisotopic (exact) mass is 394 g/mol. The van der Waals surface area contributed by atoms with Crippen molar-refractivity contribution in [3.8, 4) is 11.8 Å². The van der Waals surface area contributed by atoms with Crippen molar-refractivity contribution < 1.29 is 13.2 Å². The van der Waals surface area contributed by atoms with Crippen LogP contribution in [-0.2, 0) is 10.0 Å². The third kappa shape index (κ3) is 4.78. The molecule has 7 nitrogen and oxygen atoms in total. The van der Waals surface area contributed by atoms with Crippen molar-refractivity contribution >= 4 is 27.2 Å². The Morgan fingerprint density at radius 2 is 1.86 bits per heavy atom. The van der Waals surface area contributed by atoms with E-state index in [-0.39, 0.29) is 10.7 Å². The molecule has 0 aliphatic carbocycles. The van der Waals surface area contributed by atoms with Gasteiger partial charge in [-0.15, -0.1) is 0 Å². The molecule has 142 valence electrons. The largest absolute Gasteiger partial charge is 0.494 e. The summed E-state index contributed by atoms with van der Waals surface area (Å²) in [6.07, 6.45) is 1.51. The smallest absolute Gasteiger partial charge is 0.263 e. The van der Waals surface area contributed by atoms with E-state index in [0.717, 1.165) is 5.69 Å². The Morgan fingerprint density at radius 1 is 1.07 bits per heavy atom. The molecule has 0 atom stereocenters. The highest BCUT2D eigenvalue weighted by Crippen LogP contribution is 2.21. The molecule has 3 rings (SSSR count). The van der Waals surface area contributed by atoms with Crippen LogP contribution in [0.25, 0.3) is 0 Å². The van der Waals surface area contributed by atoms with Crippen molar-refractivity contribution in [2.75, 3.05) is 16.6 Å². The van der Waals surface area contributed by atoms with E-state index in [2.05, 4.69) is 21.1 Å². The number of ether oxygens (including phenoxy) is 1. The summed E-state index contributed by atoms with van der Waals surface area (Å²) >= 11 is 0. The van der Waals surface area contributed by atoms with Gasteiger partial charge in [-0.05, 0) is 61.5 Å². The number of nitrogens with zero attached hydrogens (tertiary/aromatic N) is 2. The van der Waals surface area contributed by atoms with E-state index < -0.39 is 10.0 Å². The summed E-state index contributed by atoms with van der Waals surface area (Å²) < 4.78 is 32.7. The summed E-state index contributed by atoms with van der Waals surface area (Å²) in [7, 11) is -3.75. The van der Waals surface area contributed by atoms with E-state index in [0.29, 0.717) is 23.6 Å². The summed E-state index contributed by atoms with van der Waals surface area (Å²) in [6, 6.07) is 18.5. The highest BCUT2D eigenvalue weighted by atomic mass is 32.2. The number of aromatic nitrogens is 1. The Morgan fingerprint density at radius 3 is 2.50 bits per heavy atom. The molecule has 0 unspecified atom stereocenters. The molecule has 0 saturated carbocycles. The first-order valence-corrected chi connectivity index (χ1v) is 9.97. The quantitative estimate of drug-likeness (QED) is 0.630. The Balaban J connectivity index is 1.70. The van der Waals surface area contributed by atoms with Crippen molar-refractivity contribution in [1.82, 2.24) is 4.98 Å². The number of rotatable bonds is 7. The fraction of sp³-hybridized carbons (Fsp3) is 0.100. The van der Waals surface area contributed by atoms with Gasteiger partial charge in [0, 0.05) is 5.69 Å². The molecule has 0 radical (unpaired) electrons. The van der Waals surface area contributed by atoms with Crippen LogP contribution in [0.5, 0.6) is 5.75 Å². The number of pyridine rings is 1. The summed E-state index contributed by atoms with van der Waals surface area (Å²) in [4.78, 5) is 4.25. The number of nitriles is 1. The molecule has 0 aliphatic heterocycles. The molecule has 0 aliphatic rings. The lowest BCUT2D eigenvalue weighted by Crippen LogP contribution is -2.13. The maximum Gasteiger partial charge on any atom is 0.263 e. The van der Waals surface area contributed by atoms with Crippen LogP contribution in [0.15, 0.2) is 71.8 Å². The summed E-state index contributed by atoms with van der Waals surface area (Å²) in [5, 5.41) is 12.1. The summed E-state index contributed by atoms with van der Waals surface area (Å²) in [5.41, 5.74) is 1.94. The Labute approximate surface area is 163 Å². The lowest BCUT2D eigenvalue weighted by molar-refractivity contribution is 0.340. The van der Waals surface area contributed by atoms with Gasteiger partial charge in [-0.2, -0.15) is 5.26 Å². The van der Waals surface area contributed by atoms with Gasteiger partial charge in [-0.3, -0.25) is 4.72 Å². The van der Waals surface area contributed by atoms with Crippen LogP contribution in [0.2, 0.25) is 0 Å². The standard InChI is InChI=1S/C20H18N4O3S/c1-2-27-18-7-9-19(10-8-18)28(25,26)24-20-11-6-17(14-22-20)23-16-5-3-4-15(12-16)13-21/h3-12,14,23H,2H2,1H3,(H,22,24). The molecule has 0 spiro atoms. The second-order valence-corrected chi connectivity index (χ2v) is 7.44. The van der Waals surface area contributed by atoms with Crippen LogP contribution < -0.4 is 14.8 Å². The Bertz CT molecular complexity index is 1090. The molecule has 2 N–H and O–H groups in total. The molecule has 0 fully saturated rings. The third-order valence-electron chi connectivity index (χ3n) is 3.73. The molecule has 1 heterocycles. The first kappa shape index (κ1) is 19.2. The summed E-state index contributed by atoms with van der Waals surface area (Å²) in [6.45, 7) is 2.37. The average molecular weight is 394 g/mol. The van der Waals surface area contributed by atoms with Crippen molar-refractivity contribution in [2.24, 2.45) is 0 Å². The lowest BCUT2D eigenvalue weighted by Gasteiger charge is -2.10. The summed E-state index contributed by atoms with van der Waals surface area (Å²) in [5.74, 6) is 0.806. The maximum atomic E-state index is 12.5. The minimum atomic E-state index is -3.75. The molecular formula is C20H18N4O3S. The first-order valence-electron chi connectivity index (χ1n) is 8.49. The van der Waals surface area contributed by atoms with E-state index in [4.69, 9.17) is 10.00 Å². The van der Waals surface area contributed by atoms with Crippen LogP contribution in [0.1, 0.15) is 12.5 Å². The second kappa shape index (κ2) is 8.41. The van der Waals surface area contributed by atoms with E-state index >= 15 is 0 Å². The number of hydrogen-bond donors (Lipinski definition) is 2. The minimum absolute atomic E-state index is 0.119. The molecule has 1 aromatic heterocycles. The van der Waals surface area contributed by atoms with Gasteiger partial charge in [0.2, 0.25) is 0 Å². The van der Waals surface area contributed by atoms with E-state index in [1.165, 1.54) is 18.3 Å². The van der Waals surface area contributed by atoms with Gasteiger partial charge in [0.15, 0.2) is 0 Å². The number of hydrogen-bond acceptors (Lipinski definition) is 6. The zero-order chi connectivity index (χ0) is 20.0. The van der Waals surface area contributed by atoms with Gasteiger partial charge in [0.1, 0.15) is 11.6 Å². The predicted molar refractivity (Wildman–Crippen MR) is 107 cm³/mol. The normalized spacial score (nSPS) is 10.7. The molecular weight excluding hydrogens is 376 g/mol. The minimum Gasteiger partial charge on any atom is -0.494 e. The number of anilines is 3. The van der Waals surface area contributed by atoms with E-state index in [1.54, 1.807) is 42.5 Å². The van der Waals surface area contributed by atoms with E-state index in [1.807, 2.05) is 13.0 Å². The molecule has 3 aromatic rings. The topological polar surface area (TPSA) is 104 Å². The van der Waals surface area contributed by atoms with Crippen LogP contribution in [0.4, 0.5) is 17.2 Å². The van der Waals surface area contributed by atoms with Crippen LogP contribution in [0.3, 0.4) is 0 Å². The fourth-order valence-electron chi connectivity index (χ4n) is 2.44. The molecule has 2 aromatic carbocycles. The molecule has 0 bridgehead atoms. The van der Waals surface area contributed by atoms with Crippen molar-refractivity contribution in [2.45, 2.75) is 11.8 Å². The second-order valence-electron chi connectivity index (χ2n) is 5.76. The van der Waals surface area contributed by atoms with E-state index in [9.17, 15) is 8.42 Å². The van der Waals surface area contributed by atoms with Crippen molar-refractivity contribution in [1.29, 1.82) is 5.26 Å². The predicted octanol–water partition coefficient (Wildman–Crippen LogP) is 3.90. The Kier molecular flexibility index (Phi) is 5.77. The van der Waals surface area contributed by atoms with Crippen molar-refractivity contribution in [3.63, 3.8) is 0 Å². The molecule has 0 amide bonds. The zero-order valence-electron chi connectivity index (χ0n) is 15.1. The van der Waals surface area contributed by atoms with Gasteiger partial charge in [0.25, 0.3) is 10.0 Å². The van der Waals surface area contributed by atoms with Gasteiger partial charge in [-0.1, -0.05) is 6.07 Å². The highest BCUT2D eigenvalue weighted by Gasteiger charge is 2.15. The molecule has 8 heteroatoms. The average Bonchev–Trinajstić information content (AvgIpc) is 2.70.